The van der Waals surface area contributed by atoms with E-state index in [4.69, 9.17) is 4.74 Å². The molecule has 43 heavy (non-hydrogen) atoms. The summed E-state index contributed by atoms with van der Waals surface area (Å²) >= 11 is 0. The van der Waals surface area contributed by atoms with Gasteiger partial charge in [-0.05, 0) is 66.1 Å². The number of hydrogen-bond donors (Lipinski definition) is 2. The quantitative estimate of drug-likeness (QED) is 0.207. The van der Waals surface area contributed by atoms with Gasteiger partial charge in [0.2, 0.25) is 5.91 Å². The van der Waals surface area contributed by atoms with Crippen LogP contribution in [-0.4, -0.2) is 44.3 Å². The van der Waals surface area contributed by atoms with Gasteiger partial charge in [-0.25, -0.2) is 12.8 Å². The molecule has 2 amide bonds. The lowest BCUT2D eigenvalue weighted by Crippen LogP contribution is -2.51. The molecule has 0 aliphatic heterocycles. The number of ether oxygens (including phenoxy) is 1. The van der Waals surface area contributed by atoms with Crippen LogP contribution in [0.25, 0.3) is 0 Å². The first-order chi connectivity index (χ1) is 20.7. The van der Waals surface area contributed by atoms with E-state index < -0.39 is 27.8 Å². The third-order valence-corrected chi connectivity index (χ3v) is 8.01. The smallest absolute Gasteiger partial charge is 0.261 e. The van der Waals surface area contributed by atoms with E-state index in [-0.39, 0.29) is 35.4 Å². The van der Waals surface area contributed by atoms with Gasteiger partial charge in [-0.15, -0.1) is 0 Å². The van der Waals surface area contributed by atoms with Gasteiger partial charge >= 0.3 is 0 Å². The Bertz CT molecular complexity index is 1580. The lowest BCUT2D eigenvalue weighted by atomic mass is 10.0. The number of nitrogens with zero attached hydrogens (tertiary/aromatic N) is 1. The van der Waals surface area contributed by atoms with Crippen LogP contribution < -0.4 is 14.8 Å². The van der Waals surface area contributed by atoms with Crippen LogP contribution in [0.2, 0.25) is 0 Å². The Morgan fingerprint density at radius 3 is 2.05 bits per heavy atom. The van der Waals surface area contributed by atoms with Gasteiger partial charge in [0.1, 0.15) is 17.6 Å². The summed E-state index contributed by atoms with van der Waals surface area (Å²) < 4.78 is 46.8. The SMILES string of the molecule is CCCNC(=O)[C@@H](Cc1ccccc1)N(Cc1ccccc1)C(=O)COc1ccc(S(=O)(=O)Nc2ccc(F)cc2)cc1. The first-order valence-corrected chi connectivity index (χ1v) is 15.4. The largest absolute Gasteiger partial charge is 0.484 e. The van der Waals surface area contributed by atoms with E-state index in [1.54, 1.807) is 0 Å². The van der Waals surface area contributed by atoms with E-state index in [9.17, 15) is 22.4 Å². The van der Waals surface area contributed by atoms with Crippen molar-refractivity contribution >= 4 is 27.5 Å². The van der Waals surface area contributed by atoms with E-state index in [1.807, 2.05) is 67.6 Å². The number of nitrogens with one attached hydrogen (secondary N) is 2. The molecular formula is C33H34FN3O5S. The van der Waals surface area contributed by atoms with Crippen LogP contribution in [0.5, 0.6) is 5.75 Å². The molecular weight excluding hydrogens is 569 g/mol. The van der Waals surface area contributed by atoms with Crippen LogP contribution in [0.1, 0.15) is 24.5 Å². The van der Waals surface area contributed by atoms with E-state index in [0.717, 1.165) is 29.7 Å². The van der Waals surface area contributed by atoms with Gasteiger partial charge < -0.3 is 15.0 Å². The Balaban J connectivity index is 1.50. The highest BCUT2D eigenvalue weighted by molar-refractivity contribution is 7.92. The molecule has 4 rings (SSSR count). The van der Waals surface area contributed by atoms with Crippen LogP contribution >= 0.6 is 0 Å². The second kappa shape index (κ2) is 15.0. The molecule has 0 saturated carbocycles. The minimum Gasteiger partial charge on any atom is -0.484 e. The minimum atomic E-state index is -3.93. The molecule has 0 aliphatic carbocycles. The van der Waals surface area contributed by atoms with Gasteiger partial charge in [0.25, 0.3) is 15.9 Å². The van der Waals surface area contributed by atoms with Crippen molar-refractivity contribution < 1.29 is 27.1 Å². The predicted molar refractivity (Wildman–Crippen MR) is 163 cm³/mol. The monoisotopic (exact) mass is 603 g/mol. The summed E-state index contributed by atoms with van der Waals surface area (Å²) in [5, 5.41) is 2.93. The molecule has 0 aliphatic rings. The number of rotatable bonds is 14. The fourth-order valence-corrected chi connectivity index (χ4v) is 5.43. The van der Waals surface area contributed by atoms with E-state index in [2.05, 4.69) is 10.0 Å². The summed E-state index contributed by atoms with van der Waals surface area (Å²) in [6.07, 6.45) is 1.08. The van der Waals surface area contributed by atoms with Crippen LogP contribution in [-0.2, 0) is 32.6 Å². The van der Waals surface area contributed by atoms with Crippen LogP contribution in [0.3, 0.4) is 0 Å². The van der Waals surface area contributed by atoms with Crippen molar-refractivity contribution in [1.29, 1.82) is 0 Å². The summed E-state index contributed by atoms with van der Waals surface area (Å²) in [4.78, 5) is 28.5. The van der Waals surface area contributed by atoms with Crippen molar-refractivity contribution in [3.63, 3.8) is 0 Å². The maximum absolute atomic E-state index is 13.7. The van der Waals surface area contributed by atoms with E-state index >= 15 is 0 Å². The van der Waals surface area contributed by atoms with Crippen LogP contribution in [0.15, 0.2) is 114 Å². The maximum atomic E-state index is 13.7. The van der Waals surface area contributed by atoms with Crippen molar-refractivity contribution in [3.8, 4) is 5.75 Å². The molecule has 0 heterocycles. The summed E-state index contributed by atoms with van der Waals surface area (Å²) in [5.41, 5.74) is 2.00. The van der Waals surface area contributed by atoms with Crippen molar-refractivity contribution in [3.05, 3.63) is 126 Å². The first-order valence-electron chi connectivity index (χ1n) is 13.9. The molecule has 0 bridgehead atoms. The average molecular weight is 604 g/mol. The fraction of sp³-hybridized carbons (Fsp3) is 0.212. The number of amides is 2. The van der Waals surface area contributed by atoms with Crippen molar-refractivity contribution in [1.82, 2.24) is 10.2 Å². The van der Waals surface area contributed by atoms with Gasteiger partial charge in [0.15, 0.2) is 6.61 Å². The van der Waals surface area contributed by atoms with E-state index in [1.165, 1.54) is 41.3 Å². The highest BCUT2D eigenvalue weighted by Gasteiger charge is 2.30. The topological polar surface area (TPSA) is 105 Å². The Kier molecular flexibility index (Phi) is 10.9. The molecule has 2 N–H and O–H groups in total. The Morgan fingerprint density at radius 2 is 1.44 bits per heavy atom. The lowest BCUT2D eigenvalue weighted by Gasteiger charge is -2.31. The lowest BCUT2D eigenvalue weighted by molar-refractivity contribution is -0.142. The highest BCUT2D eigenvalue weighted by atomic mass is 32.2. The zero-order valence-electron chi connectivity index (χ0n) is 23.8. The predicted octanol–water partition coefficient (Wildman–Crippen LogP) is 5.17. The van der Waals surface area contributed by atoms with Crippen LogP contribution in [0.4, 0.5) is 10.1 Å². The number of carbonyl (C=O) groups is 2. The molecule has 0 radical (unpaired) electrons. The summed E-state index contributed by atoms with van der Waals surface area (Å²) in [7, 11) is -3.93. The Hall–Kier alpha value is -4.70. The summed E-state index contributed by atoms with van der Waals surface area (Å²) in [6.45, 7) is 2.28. The normalized spacial score (nSPS) is 11.8. The molecule has 0 spiro atoms. The molecule has 10 heteroatoms. The minimum absolute atomic E-state index is 0.0308. The second-order valence-corrected chi connectivity index (χ2v) is 11.6. The second-order valence-electron chi connectivity index (χ2n) is 9.88. The van der Waals surface area contributed by atoms with Gasteiger partial charge in [0, 0.05) is 25.2 Å². The Morgan fingerprint density at radius 1 is 0.837 bits per heavy atom. The summed E-state index contributed by atoms with van der Waals surface area (Å²) in [6, 6.07) is 28.7. The zero-order chi connectivity index (χ0) is 30.7. The zero-order valence-corrected chi connectivity index (χ0v) is 24.6. The van der Waals surface area contributed by atoms with Crippen molar-refractivity contribution in [2.24, 2.45) is 0 Å². The third kappa shape index (κ3) is 9.14. The Labute approximate surface area is 251 Å². The maximum Gasteiger partial charge on any atom is 0.261 e. The first kappa shape index (κ1) is 31.2. The van der Waals surface area contributed by atoms with E-state index in [0.29, 0.717) is 13.0 Å². The van der Waals surface area contributed by atoms with Crippen LogP contribution in [0, 0.1) is 5.82 Å². The number of hydrogen-bond acceptors (Lipinski definition) is 5. The molecule has 0 unspecified atom stereocenters. The molecule has 8 nitrogen and oxygen atoms in total. The fourth-order valence-electron chi connectivity index (χ4n) is 4.38. The molecule has 4 aromatic carbocycles. The number of benzene rings is 4. The standard InChI is InChI=1S/C33H34FN3O5S/c1-2-21-35-33(39)31(22-25-9-5-3-6-10-25)37(23-26-11-7-4-8-12-26)32(38)24-42-29-17-19-30(20-18-29)43(40,41)36-28-15-13-27(34)14-16-28/h3-20,31,36H,2,21-24H2,1H3,(H,35,39)/t31-/m1/s1. The van der Waals surface area contributed by atoms with Gasteiger partial charge in [0.05, 0.1) is 4.90 Å². The van der Waals surface area contributed by atoms with Gasteiger partial charge in [-0.1, -0.05) is 67.6 Å². The molecule has 0 aromatic heterocycles. The number of anilines is 1. The number of halogens is 1. The highest BCUT2D eigenvalue weighted by Crippen LogP contribution is 2.21. The van der Waals surface area contributed by atoms with Gasteiger partial charge in [-0.2, -0.15) is 0 Å². The van der Waals surface area contributed by atoms with Crippen molar-refractivity contribution in [2.75, 3.05) is 17.9 Å². The third-order valence-electron chi connectivity index (χ3n) is 6.61. The molecule has 4 aromatic rings. The van der Waals surface area contributed by atoms with Gasteiger partial charge in [-0.3, -0.25) is 14.3 Å². The molecule has 0 fully saturated rings. The average Bonchev–Trinajstić information content (AvgIpc) is 3.02. The number of carbonyl (C=O) groups excluding carboxylic acids is 2. The molecule has 0 saturated heterocycles. The molecule has 224 valence electrons. The number of sulfonamides is 1. The molecule has 1 atom stereocenters. The summed E-state index contributed by atoms with van der Waals surface area (Å²) in [5.74, 6) is -0.845. The van der Waals surface area contributed by atoms with Crippen molar-refractivity contribution in [2.45, 2.75) is 37.2 Å².